The Hall–Kier alpha value is -2.23. The first kappa shape index (κ1) is 15.2. The predicted octanol–water partition coefficient (Wildman–Crippen LogP) is 3.77. The highest BCUT2D eigenvalue weighted by molar-refractivity contribution is 5.59. The Kier molecular flexibility index (Phi) is 5.04. The van der Waals surface area contributed by atoms with Gasteiger partial charge in [-0.15, -0.1) is 0 Å². The Labute approximate surface area is 124 Å². The lowest BCUT2D eigenvalue weighted by atomic mass is 10.1. The van der Waals surface area contributed by atoms with Gasteiger partial charge in [0.2, 0.25) is 0 Å². The molecule has 0 saturated carbocycles. The van der Waals surface area contributed by atoms with Crippen LogP contribution in [0, 0.1) is 12.7 Å². The molecule has 3 N–H and O–H groups in total. The average Bonchev–Trinajstić information content (AvgIpc) is 2.41. The highest BCUT2D eigenvalue weighted by Crippen LogP contribution is 2.22. The fourth-order valence-corrected chi connectivity index (χ4v) is 2.26. The molecular formula is C17H21FN2O. The van der Waals surface area contributed by atoms with Crippen molar-refractivity contribution in [3.8, 4) is 5.75 Å². The summed E-state index contributed by atoms with van der Waals surface area (Å²) in [5.74, 6) is 0.569. The topological polar surface area (TPSA) is 47.3 Å². The first-order valence-electron chi connectivity index (χ1n) is 7.10. The zero-order chi connectivity index (χ0) is 15.2. The lowest BCUT2D eigenvalue weighted by Crippen LogP contribution is -2.07. The van der Waals surface area contributed by atoms with Crippen LogP contribution < -0.4 is 15.8 Å². The van der Waals surface area contributed by atoms with Crippen molar-refractivity contribution in [2.75, 3.05) is 24.2 Å². The number of hydrogen-bond donors (Lipinski definition) is 2. The molecule has 0 aromatic heterocycles. The molecule has 2 aromatic rings. The van der Waals surface area contributed by atoms with E-state index in [-0.39, 0.29) is 5.82 Å². The van der Waals surface area contributed by atoms with Crippen LogP contribution in [0.3, 0.4) is 0 Å². The summed E-state index contributed by atoms with van der Waals surface area (Å²) in [5, 5.41) is 3.32. The molecule has 0 aliphatic carbocycles. The average molecular weight is 288 g/mol. The molecule has 0 radical (unpaired) electrons. The molecule has 0 unspecified atom stereocenters. The van der Waals surface area contributed by atoms with Crippen molar-refractivity contribution < 1.29 is 9.13 Å². The van der Waals surface area contributed by atoms with E-state index in [0.29, 0.717) is 12.3 Å². The summed E-state index contributed by atoms with van der Waals surface area (Å²) >= 11 is 0. The lowest BCUT2D eigenvalue weighted by Gasteiger charge is -2.11. The number of nitrogens with one attached hydrogen (secondary N) is 1. The number of nitrogen functional groups attached to an aromatic ring is 1. The number of rotatable bonds is 6. The quantitative estimate of drug-likeness (QED) is 0.795. The van der Waals surface area contributed by atoms with Gasteiger partial charge in [0, 0.05) is 30.1 Å². The number of halogens is 1. The summed E-state index contributed by atoms with van der Waals surface area (Å²) in [7, 11) is 0. The summed E-state index contributed by atoms with van der Waals surface area (Å²) in [6, 6.07) is 10.5. The summed E-state index contributed by atoms with van der Waals surface area (Å²) < 4.78 is 18.5. The summed E-state index contributed by atoms with van der Waals surface area (Å²) in [6.45, 7) is 5.22. The Morgan fingerprint density at radius 3 is 2.71 bits per heavy atom. The largest absolute Gasteiger partial charge is 0.494 e. The fraction of sp³-hybridized carbons (Fsp3) is 0.294. The van der Waals surface area contributed by atoms with Gasteiger partial charge in [-0.2, -0.15) is 0 Å². The van der Waals surface area contributed by atoms with Gasteiger partial charge in [0.25, 0.3) is 0 Å². The summed E-state index contributed by atoms with van der Waals surface area (Å²) in [4.78, 5) is 0. The molecule has 112 valence electrons. The molecule has 0 aliphatic rings. The number of nitrogens with two attached hydrogens (primary N) is 1. The number of benzene rings is 2. The molecule has 21 heavy (non-hydrogen) atoms. The van der Waals surface area contributed by atoms with E-state index in [4.69, 9.17) is 10.5 Å². The van der Waals surface area contributed by atoms with Crippen LogP contribution in [0.1, 0.15) is 18.1 Å². The van der Waals surface area contributed by atoms with Gasteiger partial charge in [-0.05, 0) is 49.6 Å². The number of anilines is 2. The van der Waals surface area contributed by atoms with Gasteiger partial charge < -0.3 is 15.8 Å². The van der Waals surface area contributed by atoms with Crippen LogP contribution in [0.15, 0.2) is 36.4 Å². The minimum atomic E-state index is -0.193. The fourth-order valence-electron chi connectivity index (χ4n) is 2.26. The van der Waals surface area contributed by atoms with Crippen LogP contribution in [-0.2, 0) is 6.42 Å². The van der Waals surface area contributed by atoms with Gasteiger partial charge in [0.05, 0.1) is 6.61 Å². The zero-order valence-electron chi connectivity index (χ0n) is 12.4. The molecule has 4 heteroatoms. The molecule has 0 atom stereocenters. The van der Waals surface area contributed by atoms with Gasteiger partial charge in [-0.3, -0.25) is 0 Å². The lowest BCUT2D eigenvalue weighted by molar-refractivity contribution is 0.340. The van der Waals surface area contributed by atoms with Crippen molar-refractivity contribution in [2.45, 2.75) is 20.3 Å². The third-order valence-electron chi connectivity index (χ3n) is 3.27. The summed E-state index contributed by atoms with van der Waals surface area (Å²) in [5.41, 5.74) is 9.56. The molecule has 0 aliphatic heterocycles. The highest BCUT2D eigenvalue weighted by atomic mass is 19.1. The second kappa shape index (κ2) is 6.97. The minimum Gasteiger partial charge on any atom is -0.494 e. The zero-order valence-corrected chi connectivity index (χ0v) is 12.4. The van der Waals surface area contributed by atoms with Crippen molar-refractivity contribution in [1.82, 2.24) is 0 Å². The first-order valence-corrected chi connectivity index (χ1v) is 7.10. The Morgan fingerprint density at radius 1 is 1.19 bits per heavy atom. The normalized spacial score (nSPS) is 10.4. The van der Waals surface area contributed by atoms with Crippen molar-refractivity contribution in [3.05, 3.63) is 53.3 Å². The van der Waals surface area contributed by atoms with Crippen molar-refractivity contribution >= 4 is 11.4 Å². The van der Waals surface area contributed by atoms with Crippen LogP contribution in [0.2, 0.25) is 0 Å². The van der Waals surface area contributed by atoms with Gasteiger partial charge in [0.1, 0.15) is 11.6 Å². The van der Waals surface area contributed by atoms with Crippen LogP contribution in [0.5, 0.6) is 5.75 Å². The van der Waals surface area contributed by atoms with E-state index in [1.165, 1.54) is 6.07 Å². The monoisotopic (exact) mass is 288 g/mol. The third-order valence-corrected chi connectivity index (χ3v) is 3.27. The van der Waals surface area contributed by atoms with E-state index in [2.05, 4.69) is 5.32 Å². The maximum atomic E-state index is 13.1. The predicted molar refractivity (Wildman–Crippen MR) is 85.4 cm³/mol. The third kappa shape index (κ3) is 4.38. The number of aryl methyl sites for hydroxylation is 1. The first-order chi connectivity index (χ1) is 10.1. The second-order valence-electron chi connectivity index (χ2n) is 4.97. The van der Waals surface area contributed by atoms with E-state index >= 15 is 0 Å². The molecule has 0 heterocycles. The van der Waals surface area contributed by atoms with Gasteiger partial charge in [0.15, 0.2) is 0 Å². The molecule has 0 amide bonds. The molecule has 0 saturated heterocycles. The van der Waals surface area contributed by atoms with Crippen LogP contribution >= 0.6 is 0 Å². The smallest absolute Gasteiger partial charge is 0.123 e. The Balaban J connectivity index is 1.96. The van der Waals surface area contributed by atoms with E-state index in [0.717, 1.165) is 35.5 Å². The van der Waals surface area contributed by atoms with Crippen LogP contribution in [0.25, 0.3) is 0 Å². The van der Waals surface area contributed by atoms with Crippen molar-refractivity contribution in [3.63, 3.8) is 0 Å². The van der Waals surface area contributed by atoms with Crippen molar-refractivity contribution in [1.29, 1.82) is 0 Å². The molecular weight excluding hydrogens is 267 g/mol. The van der Waals surface area contributed by atoms with E-state index < -0.39 is 0 Å². The molecule has 0 spiro atoms. The Morgan fingerprint density at radius 2 is 2.00 bits per heavy atom. The molecule has 2 aromatic carbocycles. The second-order valence-corrected chi connectivity index (χ2v) is 4.97. The maximum absolute atomic E-state index is 13.1. The van der Waals surface area contributed by atoms with E-state index in [1.807, 2.05) is 32.0 Å². The van der Waals surface area contributed by atoms with E-state index in [9.17, 15) is 4.39 Å². The molecule has 0 fully saturated rings. The van der Waals surface area contributed by atoms with Gasteiger partial charge >= 0.3 is 0 Å². The van der Waals surface area contributed by atoms with Crippen LogP contribution in [-0.4, -0.2) is 13.2 Å². The van der Waals surface area contributed by atoms with Crippen LogP contribution in [0.4, 0.5) is 15.8 Å². The van der Waals surface area contributed by atoms with E-state index in [1.54, 1.807) is 12.1 Å². The minimum absolute atomic E-state index is 0.193. The van der Waals surface area contributed by atoms with Gasteiger partial charge in [-0.1, -0.05) is 6.07 Å². The summed E-state index contributed by atoms with van der Waals surface area (Å²) in [6.07, 6.45) is 0.824. The van der Waals surface area contributed by atoms with Crippen molar-refractivity contribution in [2.24, 2.45) is 0 Å². The molecule has 2 rings (SSSR count). The standard InChI is InChI=1S/C17H21FN2O/c1-3-21-17-10-15(19)9-16(11-17)20-7-6-13-4-5-14(18)8-12(13)2/h4-5,8-11,20H,3,6-7,19H2,1-2H3. The van der Waals surface area contributed by atoms with Gasteiger partial charge in [-0.25, -0.2) is 4.39 Å². The molecule has 3 nitrogen and oxygen atoms in total. The number of hydrogen-bond acceptors (Lipinski definition) is 3. The Bertz CT molecular complexity index is 614. The number of ether oxygens (including phenoxy) is 1. The maximum Gasteiger partial charge on any atom is 0.123 e. The SMILES string of the molecule is CCOc1cc(N)cc(NCCc2ccc(F)cc2C)c1. The molecule has 0 bridgehead atoms. The highest BCUT2D eigenvalue weighted by Gasteiger charge is 2.02.